The molecule has 0 heterocycles. The maximum Gasteiger partial charge on any atom is 0.338 e. The second-order valence-electron chi connectivity index (χ2n) is 9.44. The molecule has 0 spiro atoms. The van der Waals surface area contributed by atoms with Gasteiger partial charge in [-0.3, -0.25) is 0 Å². The maximum absolute atomic E-state index is 11.8. The van der Waals surface area contributed by atoms with Crippen molar-refractivity contribution in [1.29, 1.82) is 0 Å². The Morgan fingerprint density at radius 3 is 1.24 bits per heavy atom. The molecule has 1 aromatic rings. The number of phenolic OH excluding ortho intramolecular Hbond substituents is 1. The number of phenols is 1. The van der Waals surface area contributed by atoms with Crippen molar-refractivity contribution in [3.05, 3.63) is 29.8 Å². The Hall–Kier alpha value is -1.79. The minimum atomic E-state index is -0.454. The molecule has 0 fully saturated rings. The van der Waals surface area contributed by atoms with E-state index in [-0.39, 0.29) is 19.0 Å². The number of hydrogen-bond donors (Lipinski definition) is 1. The molecule has 10 nitrogen and oxygen atoms in total. The van der Waals surface area contributed by atoms with Crippen molar-refractivity contribution in [3.63, 3.8) is 0 Å². The Kier molecular flexibility index (Phi) is 27.0. The van der Waals surface area contributed by atoms with E-state index in [0.717, 1.165) is 13.0 Å². The van der Waals surface area contributed by atoms with E-state index in [0.29, 0.717) is 84.8 Å². The molecule has 0 aliphatic rings. The van der Waals surface area contributed by atoms with Crippen molar-refractivity contribution in [3.8, 4) is 5.75 Å². The molecule has 0 radical (unpaired) electrons. The van der Waals surface area contributed by atoms with E-state index < -0.39 is 5.97 Å². The van der Waals surface area contributed by atoms with Gasteiger partial charge in [-0.05, 0) is 30.7 Å². The van der Waals surface area contributed by atoms with Crippen LogP contribution in [0.3, 0.4) is 0 Å². The number of carbonyl (C=O) groups excluding carboxylic acids is 1. The highest BCUT2D eigenvalue weighted by Crippen LogP contribution is 2.10. The summed E-state index contributed by atoms with van der Waals surface area (Å²) in [5, 5.41) is 9.22. The topological polar surface area (TPSA) is 111 Å². The van der Waals surface area contributed by atoms with Gasteiger partial charge in [0.2, 0.25) is 0 Å². The van der Waals surface area contributed by atoms with Gasteiger partial charge in [-0.2, -0.15) is 0 Å². The fourth-order valence-electron chi connectivity index (χ4n) is 3.63. The lowest BCUT2D eigenvalue weighted by atomic mass is 10.1. The highest BCUT2D eigenvalue weighted by molar-refractivity contribution is 5.89. The molecule has 41 heavy (non-hydrogen) atoms. The standard InChI is InChI=1S/C31H54O10/c1-2-3-4-5-6-7-8-9-14-34-15-16-35-17-18-36-19-20-37-21-22-38-23-24-39-25-26-40-27-28-41-31(33)29-10-12-30(32)13-11-29/h10-13,32H,2-9,14-28H2,1H3. The first-order valence-corrected chi connectivity index (χ1v) is 15.2. The van der Waals surface area contributed by atoms with Crippen LogP contribution in [0.2, 0.25) is 0 Å². The zero-order valence-corrected chi connectivity index (χ0v) is 25.2. The van der Waals surface area contributed by atoms with Gasteiger partial charge in [0.15, 0.2) is 0 Å². The van der Waals surface area contributed by atoms with Crippen molar-refractivity contribution in [2.24, 2.45) is 0 Å². The largest absolute Gasteiger partial charge is 0.508 e. The molecule has 0 bridgehead atoms. The summed E-state index contributed by atoms with van der Waals surface area (Å²) in [5.41, 5.74) is 0.381. The van der Waals surface area contributed by atoms with Gasteiger partial charge >= 0.3 is 5.97 Å². The first-order chi connectivity index (χ1) is 20.2. The van der Waals surface area contributed by atoms with E-state index in [1.165, 1.54) is 69.2 Å². The monoisotopic (exact) mass is 586 g/mol. The molecule has 0 unspecified atom stereocenters. The lowest BCUT2D eigenvalue weighted by Gasteiger charge is -2.09. The third kappa shape index (κ3) is 25.6. The average Bonchev–Trinajstić information content (AvgIpc) is 2.98. The molecule has 0 saturated carbocycles. The Morgan fingerprint density at radius 2 is 0.829 bits per heavy atom. The van der Waals surface area contributed by atoms with Gasteiger partial charge < -0.3 is 43.0 Å². The zero-order chi connectivity index (χ0) is 29.5. The number of benzene rings is 1. The van der Waals surface area contributed by atoms with E-state index in [9.17, 15) is 9.90 Å². The maximum atomic E-state index is 11.8. The summed E-state index contributed by atoms with van der Waals surface area (Å²) in [7, 11) is 0. The van der Waals surface area contributed by atoms with Crippen LogP contribution in [0, 0.1) is 0 Å². The molecule has 238 valence electrons. The fraction of sp³-hybridized carbons (Fsp3) is 0.774. The number of rotatable bonds is 31. The molecule has 0 aliphatic heterocycles. The van der Waals surface area contributed by atoms with Crippen LogP contribution in [-0.2, 0) is 37.9 Å². The van der Waals surface area contributed by atoms with Crippen LogP contribution in [0.1, 0.15) is 68.6 Å². The molecule has 0 aliphatic carbocycles. The number of aromatic hydroxyl groups is 1. The van der Waals surface area contributed by atoms with Gasteiger partial charge in [0.05, 0.1) is 91.5 Å². The van der Waals surface area contributed by atoms with Crippen LogP contribution in [-0.4, -0.2) is 110 Å². The molecule has 0 amide bonds. The van der Waals surface area contributed by atoms with Crippen LogP contribution >= 0.6 is 0 Å². The van der Waals surface area contributed by atoms with Gasteiger partial charge in [-0.1, -0.05) is 51.9 Å². The smallest absolute Gasteiger partial charge is 0.338 e. The van der Waals surface area contributed by atoms with E-state index in [4.69, 9.17) is 37.9 Å². The molecule has 1 aromatic carbocycles. The van der Waals surface area contributed by atoms with Gasteiger partial charge in [0, 0.05) is 6.61 Å². The van der Waals surface area contributed by atoms with Crippen LogP contribution < -0.4 is 0 Å². The summed E-state index contributed by atoms with van der Waals surface area (Å²) in [6, 6.07) is 5.88. The van der Waals surface area contributed by atoms with Crippen LogP contribution in [0.4, 0.5) is 0 Å². The normalized spacial score (nSPS) is 11.2. The SMILES string of the molecule is CCCCCCCCCCOCCOCCOCCOCCOCCOCCOCCOC(=O)c1ccc(O)cc1. The van der Waals surface area contributed by atoms with Crippen LogP contribution in [0.25, 0.3) is 0 Å². The zero-order valence-electron chi connectivity index (χ0n) is 25.2. The third-order valence-electron chi connectivity index (χ3n) is 5.94. The van der Waals surface area contributed by atoms with Crippen molar-refractivity contribution in [1.82, 2.24) is 0 Å². The first kappa shape index (κ1) is 37.2. The summed E-state index contributed by atoms with van der Waals surface area (Å²) < 4.78 is 43.4. The Bertz CT molecular complexity index is 686. The molecule has 0 aromatic heterocycles. The molecule has 0 saturated heterocycles. The van der Waals surface area contributed by atoms with E-state index in [1.807, 2.05) is 0 Å². The van der Waals surface area contributed by atoms with Crippen LogP contribution in [0.15, 0.2) is 24.3 Å². The number of carbonyl (C=O) groups is 1. The second-order valence-corrected chi connectivity index (χ2v) is 9.44. The number of esters is 1. The van der Waals surface area contributed by atoms with Crippen LogP contribution in [0.5, 0.6) is 5.75 Å². The summed E-state index contributed by atoms with van der Waals surface area (Å²) in [5.74, 6) is -0.354. The lowest BCUT2D eigenvalue weighted by molar-refractivity contribution is -0.0223. The highest BCUT2D eigenvalue weighted by atomic mass is 16.6. The predicted octanol–water partition coefficient (Wildman–Crippen LogP) is 4.81. The predicted molar refractivity (Wildman–Crippen MR) is 157 cm³/mol. The van der Waals surface area contributed by atoms with E-state index in [2.05, 4.69) is 6.92 Å². The molecule has 10 heteroatoms. The summed E-state index contributed by atoms with van der Waals surface area (Å²) in [4.78, 5) is 11.8. The molecule has 0 atom stereocenters. The highest BCUT2D eigenvalue weighted by Gasteiger charge is 2.06. The van der Waals surface area contributed by atoms with Gasteiger partial charge in [-0.25, -0.2) is 4.79 Å². The summed E-state index contributed by atoms with van der Waals surface area (Å²) in [6.07, 6.45) is 10.5. The van der Waals surface area contributed by atoms with Gasteiger partial charge in [-0.15, -0.1) is 0 Å². The molecular formula is C31H54O10. The summed E-state index contributed by atoms with van der Waals surface area (Å²) in [6.45, 7) is 9.67. The van der Waals surface area contributed by atoms with Gasteiger partial charge in [0.25, 0.3) is 0 Å². The first-order valence-electron chi connectivity index (χ1n) is 15.2. The minimum absolute atomic E-state index is 0.0999. The number of hydrogen-bond acceptors (Lipinski definition) is 10. The number of unbranched alkanes of at least 4 members (excludes halogenated alkanes) is 7. The van der Waals surface area contributed by atoms with Gasteiger partial charge in [0.1, 0.15) is 12.4 Å². The Labute approximate surface area is 246 Å². The molecular weight excluding hydrogens is 532 g/mol. The summed E-state index contributed by atoms with van der Waals surface area (Å²) >= 11 is 0. The Morgan fingerprint density at radius 1 is 0.488 bits per heavy atom. The third-order valence-corrected chi connectivity index (χ3v) is 5.94. The van der Waals surface area contributed by atoms with E-state index >= 15 is 0 Å². The molecule has 1 N–H and O–H groups in total. The fourth-order valence-corrected chi connectivity index (χ4v) is 3.63. The minimum Gasteiger partial charge on any atom is -0.508 e. The van der Waals surface area contributed by atoms with E-state index in [1.54, 1.807) is 0 Å². The molecule has 1 rings (SSSR count). The quantitative estimate of drug-likeness (QED) is 0.0962. The van der Waals surface area contributed by atoms with Crippen molar-refractivity contribution < 1.29 is 47.8 Å². The van der Waals surface area contributed by atoms with Crippen molar-refractivity contribution in [2.45, 2.75) is 58.3 Å². The number of ether oxygens (including phenoxy) is 8. The average molecular weight is 587 g/mol. The van der Waals surface area contributed by atoms with Crippen molar-refractivity contribution >= 4 is 5.97 Å². The Balaban J connectivity index is 1.67. The second kappa shape index (κ2) is 29.7. The lowest BCUT2D eigenvalue weighted by Crippen LogP contribution is -2.15. The van der Waals surface area contributed by atoms with Crippen molar-refractivity contribution in [2.75, 3.05) is 99.1 Å².